The second-order valence-corrected chi connectivity index (χ2v) is 5.31. The minimum atomic E-state index is -0.215. The Morgan fingerprint density at radius 2 is 1.95 bits per heavy atom. The molecular weight excluding hydrogens is 272 g/mol. The summed E-state index contributed by atoms with van der Waals surface area (Å²) >= 11 is 1.52. The molecule has 2 heterocycles. The second-order valence-electron chi connectivity index (χ2n) is 4.36. The molecule has 0 fully saturated rings. The number of aromatic nitrogens is 1. The van der Waals surface area contributed by atoms with Gasteiger partial charge < -0.3 is 9.88 Å². The van der Waals surface area contributed by atoms with Crippen LogP contribution in [0.2, 0.25) is 0 Å². The molecule has 3 rings (SSSR count). The van der Waals surface area contributed by atoms with Crippen molar-refractivity contribution in [3.05, 3.63) is 64.4 Å². The maximum Gasteiger partial charge on any atom is 0.259 e. The highest BCUT2D eigenvalue weighted by Gasteiger charge is 2.07. The molecule has 0 bridgehead atoms. The Morgan fingerprint density at radius 3 is 2.75 bits per heavy atom. The Bertz CT molecular complexity index is 805. The Morgan fingerprint density at radius 1 is 1.15 bits per heavy atom. The first kappa shape index (κ1) is 12.6. The van der Waals surface area contributed by atoms with Crippen molar-refractivity contribution in [1.29, 1.82) is 0 Å². The van der Waals surface area contributed by atoms with Gasteiger partial charge in [0.15, 0.2) is 0 Å². The zero-order valence-corrected chi connectivity index (χ0v) is 11.4. The fraction of sp³-hybridized carbons (Fsp3) is 0.0667. The molecule has 20 heavy (non-hydrogen) atoms. The smallest absolute Gasteiger partial charge is 0.259 e. The predicted octanol–water partition coefficient (Wildman–Crippen LogP) is 2.70. The van der Waals surface area contributed by atoms with Gasteiger partial charge >= 0.3 is 0 Å². The minimum absolute atomic E-state index is 0.0134. The molecule has 4 nitrogen and oxygen atoms in total. The SMILES string of the molecule is O=C(Cn1ccc2sccc2c1=O)Nc1ccccc1. The van der Waals surface area contributed by atoms with E-state index in [1.54, 1.807) is 12.3 Å². The van der Waals surface area contributed by atoms with E-state index in [0.717, 1.165) is 10.4 Å². The van der Waals surface area contributed by atoms with E-state index < -0.39 is 0 Å². The molecule has 1 amide bonds. The lowest BCUT2D eigenvalue weighted by Gasteiger charge is -2.07. The number of carbonyl (C=O) groups is 1. The van der Waals surface area contributed by atoms with Gasteiger partial charge in [-0.1, -0.05) is 18.2 Å². The summed E-state index contributed by atoms with van der Waals surface area (Å²) in [5.74, 6) is -0.215. The van der Waals surface area contributed by atoms with Crippen LogP contribution in [0.1, 0.15) is 0 Å². The Labute approximate surface area is 119 Å². The minimum Gasteiger partial charge on any atom is -0.325 e. The van der Waals surface area contributed by atoms with Crippen LogP contribution in [0.15, 0.2) is 58.8 Å². The standard InChI is InChI=1S/C15H12N2O2S/c18-14(16-11-4-2-1-3-5-11)10-17-8-6-13-12(15(17)19)7-9-20-13/h1-9H,10H2,(H,16,18). The van der Waals surface area contributed by atoms with Crippen LogP contribution in [0.25, 0.3) is 10.1 Å². The number of hydrogen-bond acceptors (Lipinski definition) is 3. The van der Waals surface area contributed by atoms with Crippen molar-refractivity contribution in [3.8, 4) is 0 Å². The molecule has 1 N–H and O–H groups in total. The van der Waals surface area contributed by atoms with Gasteiger partial charge in [0, 0.05) is 16.6 Å². The molecule has 2 aromatic heterocycles. The average Bonchev–Trinajstić information content (AvgIpc) is 2.92. The Balaban J connectivity index is 1.81. The third-order valence-corrected chi connectivity index (χ3v) is 3.85. The third-order valence-electron chi connectivity index (χ3n) is 2.96. The van der Waals surface area contributed by atoms with Gasteiger partial charge in [0.2, 0.25) is 5.91 Å². The molecule has 0 aliphatic rings. The lowest BCUT2D eigenvalue weighted by molar-refractivity contribution is -0.116. The highest BCUT2D eigenvalue weighted by molar-refractivity contribution is 7.17. The van der Waals surface area contributed by atoms with E-state index in [4.69, 9.17) is 0 Å². The van der Waals surface area contributed by atoms with Gasteiger partial charge in [-0.2, -0.15) is 0 Å². The normalized spacial score (nSPS) is 10.6. The third kappa shape index (κ3) is 2.48. The number of para-hydroxylation sites is 1. The number of nitrogens with one attached hydrogen (secondary N) is 1. The van der Waals surface area contributed by atoms with Crippen molar-refractivity contribution in [2.45, 2.75) is 6.54 Å². The number of pyridine rings is 1. The van der Waals surface area contributed by atoms with E-state index in [9.17, 15) is 9.59 Å². The highest BCUT2D eigenvalue weighted by atomic mass is 32.1. The lowest BCUT2D eigenvalue weighted by atomic mass is 10.3. The number of nitrogens with zero attached hydrogens (tertiary/aromatic N) is 1. The molecule has 0 atom stereocenters. The molecule has 0 unspecified atom stereocenters. The summed E-state index contributed by atoms with van der Waals surface area (Å²) in [5.41, 5.74) is 0.592. The quantitative estimate of drug-likeness (QED) is 0.804. The zero-order valence-electron chi connectivity index (χ0n) is 10.6. The summed E-state index contributed by atoms with van der Waals surface area (Å²) in [5, 5.41) is 5.30. The molecule has 0 aliphatic heterocycles. The fourth-order valence-corrected chi connectivity index (χ4v) is 2.78. The van der Waals surface area contributed by atoms with Crippen LogP contribution in [-0.4, -0.2) is 10.5 Å². The van der Waals surface area contributed by atoms with Crippen molar-refractivity contribution < 1.29 is 4.79 Å². The summed E-state index contributed by atoms with van der Waals surface area (Å²) in [4.78, 5) is 24.1. The molecule has 0 saturated carbocycles. The van der Waals surface area contributed by atoms with E-state index in [1.165, 1.54) is 15.9 Å². The highest BCUT2D eigenvalue weighted by Crippen LogP contribution is 2.16. The van der Waals surface area contributed by atoms with Crippen LogP contribution in [-0.2, 0) is 11.3 Å². The van der Waals surface area contributed by atoms with Crippen LogP contribution in [0, 0.1) is 0 Å². The molecule has 5 heteroatoms. The number of hydrogen-bond donors (Lipinski definition) is 1. The summed E-state index contributed by atoms with van der Waals surface area (Å²) in [6.07, 6.45) is 1.66. The Hall–Kier alpha value is -2.40. The van der Waals surface area contributed by atoms with Crippen LogP contribution in [0.3, 0.4) is 0 Å². The van der Waals surface area contributed by atoms with Gasteiger partial charge in [0.25, 0.3) is 5.56 Å². The van der Waals surface area contributed by atoms with Crippen molar-refractivity contribution in [2.75, 3.05) is 5.32 Å². The van der Waals surface area contributed by atoms with Crippen LogP contribution in [0.5, 0.6) is 0 Å². The topological polar surface area (TPSA) is 51.1 Å². The van der Waals surface area contributed by atoms with Crippen LogP contribution < -0.4 is 10.9 Å². The number of thiophene rings is 1. The molecule has 100 valence electrons. The summed E-state index contributed by atoms with van der Waals surface area (Å²) < 4.78 is 2.36. The van der Waals surface area contributed by atoms with Crippen molar-refractivity contribution in [1.82, 2.24) is 4.57 Å². The predicted molar refractivity (Wildman–Crippen MR) is 81.2 cm³/mol. The molecular formula is C15H12N2O2S. The average molecular weight is 284 g/mol. The number of fused-ring (bicyclic) bond motifs is 1. The van der Waals surface area contributed by atoms with Gasteiger partial charge in [0.1, 0.15) is 6.54 Å². The van der Waals surface area contributed by atoms with E-state index in [0.29, 0.717) is 5.39 Å². The van der Waals surface area contributed by atoms with Gasteiger partial charge in [-0.15, -0.1) is 11.3 Å². The van der Waals surface area contributed by atoms with Gasteiger partial charge in [-0.05, 0) is 29.6 Å². The molecule has 1 aromatic carbocycles. The monoisotopic (exact) mass is 284 g/mol. The fourth-order valence-electron chi connectivity index (χ4n) is 2.01. The molecule has 0 spiro atoms. The summed E-state index contributed by atoms with van der Waals surface area (Å²) in [7, 11) is 0. The van der Waals surface area contributed by atoms with E-state index in [2.05, 4.69) is 5.32 Å². The number of rotatable bonds is 3. The van der Waals surface area contributed by atoms with Crippen LogP contribution in [0.4, 0.5) is 5.69 Å². The maximum atomic E-state index is 12.2. The van der Waals surface area contributed by atoms with Gasteiger partial charge in [-0.25, -0.2) is 0 Å². The summed E-state index contributed by atoms with van der Waals surface area (Å²) in [6.45, 7) is 0.0134. The number of carbonyl (C=O) groups excluding carboxylic acids is 1. The van der Waals surface area contributed by atoms with E-state index in [-0.39, 0.29) is 18.0 Å². The molecule has 0 aliphatic carbocycles. The maximum absolute atomic E-state index is 12.2. The second kappa shape index (κ2) is 5.30. The van der Waals surface area contributed by atoms with Crippen molar-refractivity contribution in [2.24, 2.45) is 0 Å². The number of benzene rings is 1. The van der Waals surface area contributed by atoms with E-state index in [1.807, 2.05) is 41.8 Å². The number of amides is 1. The zero-order chi connectivity index (χ0) is 13.9. The molecule has 3 aromatic rings. The first-order valence-corrected chi connectivity index (χ1v) is 7.03. The van der Waals surface area contributed by atoms with E-state index >= 15 is 0 Å². The first-order chi connectivity index (χ1) is 9.74. The first-order valence-electron chi connectivity index (χ1n) is 6.15. The summed E-state index contributed by atoms with van der Waals surface area (Å²) in [6, 6.07) is 12.8. The number of anilines is 1. The van der Waals surface area contributed by atoms with Crippen molar-refractivity contribution in [3.63, 3.8) is 0 Å². The lowest BCUT2D eigenvalue weighted by Crippen LogP contribution is -2.26. The van der Waals surface area contributed by atoms with Gasteiger partial charge in [0.05, 0.1) is 5.39 Å². The molecule has 0 radical (unpaired) electrons. The van der Waals surface area contributed by atoms with Gasteiger partial charge in [-0.3, -0.25) is 9.59 Å². The Kier molecular flexibility index (Phi) is 3.35. The van der Waals surface area contributed by atoms with Crippen molar-refractivity contribution >= 4 is 33.0 Å². The largest absolute Gasteiger partial charge is 0.325 e. The molecule has 0 saturated heterocycles. The van der Waals surface area contributed by atoms with Crippen LogP contribution >= 0.6 is 11.3 Å².